The lowest BCUT2D eigenvalue weighted by atomic mass is 9.91. The van der Waals surface area contributed by atoms with Crippen LogP contribution in [-0.2, 0) is 4.79 Å². The molecule has 4 nitrogen and oxygen atoms in total. The Morgan fingerprint density at radius 1 is 1.41 bits per heavy atom. The van der Waals surface area contributed by atoms with Crippen molar-refractivity contribution >= 4 is 24.0 Å². The molecule has 3 N–H and O–H groups in total. The van der Waals surface area contributed by atoms with Crippen LogP contribution in [-0.4, -0.2) is 36.5 Å². The maximum atomic E-state index is 13.4. The van der Waals surface area contributed by atoms with Crippen LogP contribution in [0.4, 0.5) is 14.5 Å². The molecule has 0 aromatic heterocycles. The van der Waals surface area contributed by atoms with E-state index in [9.17, 15) is 13.6 Å². The highest BCUT2D eigenvalue weighted by Gasteiger charge is 2.23. The zero-order valence-corrected chi connectivity index (χ0v) is 13.3. The third-order valence-corrected chi connectivity index (χ3v) is 3.95. The van der Waals surface area contributed by atoms with E-state index in [0.717, 1.165) is 38.1 Å². The summed E-state index contributed by atoms with van der Waals surface area (Å²) in [5.74, 6) is -1.22. The van der Waals surface area contributed by atoms with Gasteiger partial charge in [0.05, 0.1) is 12.2 Å². The van der Waals surface area contributed by atoms with Gasteiger partial charge in [-0.2, -0.15) is 0 Å². The second-order valence-corrected chi connectivity index (χ2v) is 5.65. The highest BCUT2D eigenvalue weighted by Crippen LogP contribution is 2.19. The summed E-state index contributed by atoms with van der Waals surface area (Å²) in [5, 5.41) is 2.47. The van der Waals surface area contributed by atoms with Gasteiger partial charge in [-0.05, 0) is 50.9 Å². The molecule has 1 heterocycles. The van der Waals surface area contributed by atoms with Crippen molar-refractivity contribution in [3.63, 3.8) is 0 Å². The Kier molecular flexibility index (Phi) is 7.19. The van der Waals surface area contributed by atoms with E-state index in [4.69, 9.17) is 5.73 Å². The molecule has 0 saturated carbocycles. The van der Waals surface area contributed by atoms with Crippen LogP contribution in [0.2, 0.25) is 0 Å². The molecule has 1 atom stereocenters. The van der Waals surface area contributed by atoms with E-state index in [0.29, 0.717) is 5.92 Å². The minimum absolute atomic E-state index is 0. The summed E-state index contributed by atoms with van der Waals surface area (Å²) >= 11 is 0. The van der Waals surface area contributed by atoms with Gasteiger partial charge < -0.3 is 11.1 Å². The SMILES string of the molecule is CC(N)C1CCN(CC(=O)Nc2ccc(F)cc2F)CC1.Cl. The van der Waals surface area contributed by atoms with E-state index in [-0.39, 0.29) is 36.6 Å². The van der Waals surface area contributed by atoms with Gasteiger partial charge in [-0.25, -0.2) is 8.78 Å². The summed E-state index contributed by atoms with van der Waals surface area (Å²) in [5.41, 5.74) is 5.88. The van der Waals surface area contributed by atoms with Crippen molar-refractivity contribution in [3.05, 3.63) is 29.8 Å². The van der Waals surface area contributed by atoms with Crippen molar-refractivity contribution in [1.29, 1.82) is 0 Å². The van der Waals surface area contributed by atoms with Crippen molar-refractivity contribution in [1.82, 2.24) is 4.90 Å². The molecule has 0 aliphatic carbocycles. The Hall–Kier alpha value is -1.24. The Morgan fingerprint density at radius 2 is 2.05 bits per heavy atom. The van der Waals surface area contributed by atoms with E-state index in [1.165, 1.54) is 6.07 Å². The predicted octanol–water partition coefficient (Wildman–Crippen LogP) is 2.38. The molecule has 1 aliphatic rings. The monoisotopic (exact) mass is 333 g/mol. The zero-order valence-electron chi connectivity index (χ0n) is 12.5. The van der Waals surface area contributed by atoms with Gasteiger partial charge in [-0.1, -0.05) is 0 Å². The molecule has 0 spiro atoms. The number of hydrogen-bond acceptors (Lipinski definition) is 3. The number of rotatable bonds is 4. The molecule has 1 amide bonds. The fourth-order valence-corrected chi connectivity index (χ4v) is 2.62. The van der Waals surface area contributed by atoms with Crippen LogP contribution < -0.4 is 11.1 Å². The summed E-state index contributed by atoms with van der Waals surface area (Å²) < 4.78 is 26.2. The number of piperidine rings is 1. The fraction of sp³-hybridized carbons (Fsp3) is 0.533. The van der Waals surface area contributed by atoms with Gasteiger partial charge in [-0.3, -0.25) is 9.69 Å². The summed E-state index contributed by atoms with van der Waals surface area (Å²) in [6.07, 6.45) is 1.94. The molecule has 1 aromatic carbocycles. The molecule has 22 heavy (non-hydrogen) atoms. The third kappa shape index (κ3) is 5.19. The van der Waals surface area contributed by atoms with E-state index in [2.05, 4.69) is 5.32 Å². The quantitative estimate of drug-likeness (QED) is 0.889. The van der Waals surface area contributed by atoms with Crippen LogP contribution in [0.5, 0.6) is 0 Å². The highest BCUT2D eigenvalue weighted by atomic mass is 35.5. The molecule has 1 unspecified atom stereocenters. The van der Waals surface area contributed by atoms with Gasteiger partial charge in [0.1, 0.15) is 11.6 Å². The van der Waals surface area contributed by atoms with Crippen LogP contribution in [0.3, 0.4) is 0 Å². The lowest BCUT2D eigenvalue weighted by molar-refractivity contribution is -0.117. The van der Waals surface area contributed by atoms with Crippen molar-refractivity contribution in [2.75, 3.05) is 25.0 Å². The fourth-order valence-electron chi connectivity index (χ4n) is 2.62. The Morgan fingerprint density at radius 3 is 2.59 bits per heavy atom. The van der Waals surface area contributed by atoms with Crippen LogP contribution in [0.25, 0.3) is 0 Å². The first-order chi connectivity index (χ1) is 9.95. The van der Waals surface area contributed by atoms with Crippen LogP contribution in [0.1, 0.15) is 19.8 Å². The number of nitrogens with one attached hydrogen (secondary N) is 1. The second-order valence-electron chi connectivity index (χ2n) is 5.65. The molecule has 124 valence electrons. The highest BCUT2D eigenvalue weighted by molar-refractivity contribution is 5.92. The summed E-state index contributed by atoms with van der Waals surface area (Å²) in [4.78, 5) is 13.9. The summed E-state index contributed by atoms with van der Waals surface area (Å²) in [6.45, 7) is 3.84. The summed E-state index contributed by atoms with van der Waals surface area (Å²) in [7, 11) is 0. The number of carbonyl (C=O) groups is 1. The van der Waals surface area contributed by atoms with E-state index >= 15 is 0 Å². The number of benzene rings is 1. The van der Waals surface area contributed by atoms with Crippen molar-refractivity contribution in [2.45, 2.75) is 25.8 Å². The largest absolute Gasteiger partial charge is 0.328 e. The standard InChI is InChI=1S/C15H21F2N3O.ClH/c1-10(18)11-4-6-20(7-5-11)9-15(21)19-14-3-2-12(16)8-13(14)17;/h2-3,8,10-11H,4-7,9,18H2,1H3,(H,19,21);1H. The van der Waals surface area contributed by atoms with E-state index < -0.39 is 11.6 Å². The van der Waals surface area contributed by atoms with Gasteiger partial charge in [0.2, 0.25) is 5.91 Å². The third-order valence-electron chi connectivity index (χ3n) is 3.95. The van der Waals surface area contributed by atoms with Crippen molar-refractivity contribution in [2.24, 2.45) is 11.7 Å². The number of nitrogens with two attached hydrogens (primary N) is 1. The minimum atomic E-state index is -0.765. The molecule has 1 fully saturated rings. The molecule has 0 radical (unpaired) electrons. The topological polar surface area (TPSA) is 58.4 Å². The Bertz CT molecular complexity index is 506. The Labute approximate surface area is 135 Å². The molecule has 0 bridgehead atoms. The Balaban J connectivity index is 0.00000242. The summed E-state index contributed by atoms with van der Waals surface area (Å²) in [6, 6.07) is 3.27. The molecule has 1 aliphatic heterocycles. The number of nitrogens with zero attached hydrogens (tertiary/aromatic N) is 1. The molecular formula is C15H22ClF2N3O. The van der Waals surface area contributed by atoms with Gasteiger partial charge in [-0.15, -0.1) is 12.4 Å². The number of hydrogen-bond donors (Lipinski definition) is 2. The molecule has 1 saturated heterocycles. The first kappa shape index (κ1) is 18.8. The first-order valence-electron chi connectivity index (χ1n) is 7.18. The molecular weight excluding hydrogens is 312 g/mol. The number of carbonyl (C=O) groups excluding carboxylic acids is 1. The smallest absolute Gasteiger partial charge is 0.238 e. The maximum absolute atomic E-state index is 13.4. The average molecular weight is 334 g/mol. The number of likely N-dealkylation sites (tertiary alicyclic amines) is 1. The number of anilines is 1. The lowest BCUT2D eigenvalue weighted by Gasteiger charge is -2.33. The van der Waals surface area contributed by atoms with Crippen LogP contribution in [0, 0.1) is 17.6 Å². The van der Waals surface area contributed by atoms with Crippen LogP contribution in [0.15, 0.2) is 18.2 Å². The first-order valence-corrected chi connectivity index (χ1v) is 7.18. The lowest BCUT2D eigenvalue weighted by Crippen LogP contribution is -2.42. The number of amides is 1. The second kappa shape index (κ2) is 8.41. The van der Waals surface area contributed by atoms with Gasteiger partial charge in [0, 0.05) is 12.1 Å². The van der Waals surface area contributed by atoms with Crippen molar-refractivity contribution in [3.8, 4) is 0 Å². The maximum Gasteiger partial charge on any atom is 0.238 e. The number of halogens is 3. The molecule has 7 heteroatoms. The minimum Gasteiger partial charge on any atom is -0.328 e. The van der Waals surface area contributed by atoms with Crippen molar-refractivity contribution < 1.29 is 13.6 Å². The normalized spacial score (nSPS) is 17.6. The molecule has 1 aromatic rings. The molecule has 2 rings (SSSR count). The van der Waals surface area contributed by atoms with Crippen LogP contribution >= 0.6 is 12.4 Å². The zero-order chi connectivity index (χ0) is 15.4. The van der Waals surface area contributed by atoms with Gasteiger partial charge in [0.25, 0.3) is 0 Å². The van der Waals surface area contributed by atoms with E-state index in [1.54, 1.807) is 0 Å². The van der Waals surface area contributed by atoms with E-state index in [1.807, 2.05) is 11.8 Å². The van der Waals surface area contributed by atoms with Gasteiger partial charge in [0.15, 0.2) is 0 Å². The van der Waals surface area contributed by atoms with Gasteiger partial charge >= 0.3 is 0 Å². The average Bonchev–Trinajstić information content (AvgIpc) is 2.42. The predicted molar refractivity (Wildman–Crippen MR) is 85.0 cm³/mol.